The maximum absolute atomic E-state index is 6.27. The minimum atomic E-state index is 0.0859. The lowest BCUT2D eigenvalue weighted by Crippen LogP contribution is -2.65. The van der Waals surface area contributed by atoms with Crippen LogP contribution < -0.4 is 5.32 Å². The van der Waals surface area contributed by atoms with Gasteiger partial charge in [0.15, 0.2) is 0 Å². The zero-order valence-electron chi connectivity index (χ0n) is 14.9. The first kappa shape index (κ1) is 17.2. The Labute approximate surface area is 131 Å². The van der Waals surface area contributed by atoms with Crippen LogP contribution in [0.15, 0.2) is 0 Å². The van der Waals surface area contributed by atoms with E-state index in [-0.39, 0.29) is 5.60 Å². The van der Waals surface area contributed by atoms with Crippen LogP contribution in [0, 0.1) is 0 Å². The first-order chi connectivity index (χ1) is 9.94. The quantitative estimate of drug-likeness (QED) is 0.811. The van der Waals surface area contributed by atoms with Gasteiger partial charge >= 0.3 is 0 Å². The van der Waals surface area contributed by atoms with Crippen LogP contribution >= 0.6 is 0 Å². The molecule has 124 valence electrons. The van der Waals surface area contributed by atoms with Crippen LogP contribution in [0.3, 0.4) is 0 Å². The Balaban J connectivity index is 2.03. The molecule has 2 saturated heterocycles. The summed E-state index contributed by atoms with van der Waals surface area (Å²) < 4.78 is 6.27. The van der Waals surface area contributed by atoms with Gasteiger partial charge in [0.1, 0.15) is 0 Å². The largest absolute Gasteiger partial charge is 0.371 e. The molecule has 0 aromatic carbocycles. The number of hydrogen-bond acceptors (Lipinski definition) is 3. The van der Waals surface area contributed by atoms with E-state index in [1.54, 1.807) is 0 Å². The van der Waals surface area contributed by atoms with Crippen LogP contribution in [-0.2, 0) is 4.74 Å². The molecule has 2 atom stereocenters. The summed E-state index contributed by atoms with van der Waals surface area (Å²) in [6, 6.07) is 0.663. The van der Waals surface area contributed by atoms with Crippen LogP contribution in [0.2, 0.25) is 0 Å². The molecular formula is C18H36N2O. The Morgan fingerprint density at radius 1 is 1.19 bits per heavy atom. The summed E-state index contributed by atoms with van der Waals surface area (Å²) in [5.74, 6) is 0. The highest BCUT2D eigenvalue weighted by Crippen LogP contribution is 2.33. The molecule has 2 heterocycles. The van der Waals surface area contributed by atoms with Gasteiger partial charge in [-0.1, -0.05) is 27.2 Å². The third-order valence-corrected chi connectivity index (χ3v) is 5.76. The van der Waals surface area contributed by atoms with Crippen molar-refractivity contribution in [2.24, 2.45) is 0 Å². The third-order valence-electron chi connectivity index (χ3n) is 5.76. The number of nitrogens with one attached hydrogen (secondary N) is 1. The molecule has 0 aromatic heterocycles. The minimum Gasteiger partial charge on any atom is -0.371 e. The second-order valence-electron chi connectivity index (χ2n) is 7.74. The maximum atomic E-state index is 6.27. The summed E-state index contributed by atoms with van der Waals surface area (Å²) in [6.07, 6.45) is 7.86. The van der Waals surface area contributed by atoms with Gasteiger partial charge in [-0.25, -0.2) is 0 Å². The van der Waals surface area contributed by atoms with Crippen LogP contribution in [-0.4, -0.2) is 47.8 Å². The normalized spacial score (nSPS) is 32.4. The van der Waals surface area contributed by atoms with E-state index in [9.17, 15) is 0 Å². The molecule has 0 aromatic rings. The zero-order chi connectivity index (χ0) is 15.5. The molecule has 2 aliphatic rings. The molecule has 2 unspecified atom stereocenters. The maximum Gasteiger partial charge on any atom is 0.0710 e. The van der Waals surface area contributed by atoms with Crippen molar-refractivity contribution in [3.05, 3.63) is 0 Å². The van der Waals surface area contributed by atoms with Crippen molar-refractivity contribution in [3.8, 4) is 0 Å². The van der Waals surface area contributed by atoms with Gasteiger partial charge in [-0.2, -0.15) is 0 Å². The average Bonchev–Trinajstić information content (AvgIpc) is 2.79. The molecule has 0 saturated carbocycles. The van der Waals surface area contributed by atoms with Gasteiger partial charge in [-0.05, 0) is 46.0 Å². The molecule has 3 nitrogen and oxygen atoms in total. The predicted molar refractivity (Wildman–Crippen MR) is 89.8 cm³/mol. The molecule has 3 heteroatoms. The fourth-order valence-corrected chi connectivity index (χ4v) is 4.18. The molecule has 0 amide bonds. The lowest BCUT2D eigenvalue weighted by molar-refractivity contribution is -0.0580. The van der Waals surface area contributed by atoms with Crippen molar-refractivity contribution in [3.63, 3.8) is 0 Å². The molecule has 2 aliphatic heterocycles. The molecular weight excluding hydrogens is 260 g/mol. The second-order valence-corrected chi connectivity index (χ2v) is 7.74. The number of hydrogen-bond donors (Lipinski definition) is 1. The van der Waals surface area contributed by atoms with E-state index in [0.29, 0.717) is 17.7 Å². The third kappa shape index (κ3) is 4.00. The Kier molecular flexibility index (Phi) is 5.72. The standard InChI is InChI=1S/C18H36N2O/c1-6-9-15-12-20(18(7-2,8-3)14-19-15)13-16-10-11-17(4,5)21-16/h15-16,19H,6-14H2,1-5H3. The molecule has 0 aliphatic carbocycles. The van der Waals surface area contributed by atoms with Gasteiger partial charge in [0.25, 0.3) is 0 Å². The van der Waals surface area contributed by atoms with E-state index in [0.717, 1.165) is 13.1 Å². The molecule has 0 spiro atoms. The van der Waals surface area contributed by atoms with Gasteiger partial charge in [0.05, 0.1) is 11.7 Å². The Morgan fingerprint density at radius 3 is 2.43 bits per heavy atom. The molecule has 2 fully saturated rings. The van der Waals surface area contributed by atoms with E-state index in [1.165, 1.54) is 45.1 Å². The molecule has 0 radical (unpaired) electrons. The lowest BCUT2D eigenvalue weighted by atomic mass is 9.86. The molecule has 2 rings (SSSR count). The Bertz CT molecular complexity index is 325. The predicted octanol–water partition coefficient (Wildman–Crippen LogP) is 3.58. The highest BCUT2D eigenvalue weighted by molar-refractivity contribution is 4.99. The van der Waals surface area contributed by atoms with E-state index in [1.807, 2.05) is 0 Å². The molecule has 1 N–H and O–H groups in total. The zero-order valence-corrected chi connectivity index (χ0v) is 14.9. The highest BCUT2D eigenvalue weighted by Gasteiger charge is 2.41. The lowest BCUT2D eigenvalue weighted by Gasteiger charge is -2.50. The second kappa shape index (κ2) is 6.97. The Morgan fingerprint density at radius 2 is 1.90 bits per heavy atom. The first-order valence-corrected chi connectivity index (χ1v) is 9.11. The smallest absolute Gasteiger partial charge is 0.0710 e. The van der Waals surface area contributed by atoms with Crippen LogP contribution in [0.1, 0.15) is 73.1 Å². The van der Waals surface area contributed by atoms with Gasteiger partial charge in [-0.3, -0.25) is 4.90 Å². The first-order valence-electron chi connectivity index (χ1n) is 9.11. The number of ether oxygens (including phenoxy) is 1. The van der Waals surface area contributed by atoms with Crippen molar-refractivity contribution in [1.29, 1.82) is 0 Å². The van der Waals surface area contributed by atoms with Crippen LogP contribution in [0.4, 0.5) is 0 Å². The average molecular weight is 296 g/mol. The van der Waals surface area contributed by atoms with E-state index in [2.05, 4.69) is 44.8 Å². The van der Waals surface area contributed by atoms with Crippen molar-refractivity contribution >= 4 is 0 Å². The summed E-state index contributed by atoms with van der Waals surface area (Å²) in [4.78, 5) is 2.76. The Hall–Kier alpha value is -0.120. The summed E-state index contributed by atoms with van der Waals surface area (Å²) in [5.41, 5.74) is 0.420. The topological polar surface area (TPSA) is 24.5 Å². The van der Waals surface area contributed by atoms with Crippen LogP contribution in [0.5, 0.6) is 0 Å². The number of nitrogens with zero attached hydrogens (tertiary/aromatic N) is 1. The van der Waals surface area contributed by atoms with Gasteiger partial charge in [0.2, 0.25) is 0 Å². The molecule has 21 heavy (non-hydrogen) atoms. The van der Waals surface area contributed by atoms with Crippen molar-refractivity contribution in [2.45, 2.75) is 96.4 Å². The number of rotatable bonds is 6. The van der Waals surface area contributed by atoms with E-state index >= 15 is 0 Å². The van der Waals surface area contributed by atoms with Crippen molar-refractivity contribution in [2.75, 3.05) is 19.6 Å². The summed E-state index contributed by atoms with van der Waals surface area (Å²) in [6.45, 7) is 14.9. The van der Waals surface area contributed by atoms with Gasteiger partial charge < -0.3 is 10.1 Å². The van der Waals surface area contributed by atoms with Gasteiger partial charge in [-0.15, -0.1) is 0 Å². The SMILES string of the molecule is CCCC1CN(CC2CCC(C)(C)O2)C(CC)(CC)CN1. The van der Waals surface area contributed by atoms with Gasteiger partial charge in [0, 0.05) is 31.2 Å². The van der Waals surface area contributed by atoms with Crippen LogP contribution in [0.25, 0.3) is 0 Å². The van der Waals surface area contributed by atoms with E-state index < -0.39 is 0 Å². The highest BCUT2D eigenvalue weighted by atomic mass is 16.5. The van der Waals surface area contributed by atoms with E-state index in [4.69, 9.17) is 4.74 Å². The number of piperazine rings is 1. The minimum absolute atomic E-state index is 0.0859. The van der Waals surface area contributed by atoms with Crippen molar-refractivity contribution < 1.29 is 4.74 Å². The summed E-state index contributed by atoms with van der Waals surface area (Å²) in [7, 11) is 0. The summed E-state index contributed by atoms with van der Waals surface area (Å²) in [5, 5.41) is 3.80. The summed E-state index contributed by atoms with van der Waals surface area (Å²) >= 11 is 0. The molecule has 0 bridgehead atoms. The monoisotopic (exact) mass is 296 g/mol. The fraction of sp³-hybridized carbons (Fsp3) is 1.00. The van der Waals surface area contributed by atoms with Crippen molar-refractivity contribution in [1.82, 2.24) is 10.2 Å². The fourth-order valence-electron chi connectivity index (χ4n) is 4.18.